The number of pyridine rings is 1. The number of carbonyl (C=O) groups excluding carboxylic acids is 2. The summed E-state index contributed by atoms with van der Waals surface area (Å²) in [5.74, 6) is -0.663. The molecule has 2 heterocycles. The van der Waals surface area contributed by atoms with E-state index in [1.165, 1.54) is 6.20 Å². The Morgan fingerprint density at radius 3 is 2.48 bits per heavy atom. The van der Waals surface area contributed by atoms with Crippen LogP contribution in [-0.4, -0.2) is 32.7 Å². The first-order chi connectivity index (χ1) is 13.8. The van der Waals surface area contributed by atoms with E-state index in [-0.39, 0.29) is 30.4 Å². The van der Waals surface area contributed by atoms with Crippen molar-refractivity contribution in [2.45, 2.75) is 52.3 Å². The van der Waals surface area contributed by atoms with Crippen LogP contribution in [0.1, 0.15) is 62.1 Å². The molecule has 1 amide bonds. The van der Waals surface area contributed by atoms with Gasteiger partial charge < -0.3 is 10.1 Å². The third-order valence-electron chi connectivity index (χ3n) is 4.43. The molecule has 1 atom stereocenters. The zero-order valence-electron chi connectivity index (χ0n) is 17.1. The van der Waals surface area contributed by atoms with Gasteiger partial charge in [0.1, 0.15) is 0 Å². The first kappa shape index (κ1) is 20.5. The molecule has 0 unspecified atom stereocenters. The Hall–Kier alpha value is -3.22. The number of amides is 1. The Morgan fingerprint density at radius 1 is 1.10 bits per heavy atom. The van der Waals surface area contributed by atoms with E-state index in [9.17, 15) is 9.59 Å². The summed E-state index contributed by atoms with van der Waals surface area (Å²) in [7, 11) is 0. The standard InChI is InChI=1S/C22H26N4O3/c1-14(2)26-21-17(13-24-26)10-18(12-23-21)22(28)25-19(11-20(27)29-15(3)4)16-8-6-5-7-9-16/h5-10,12-15,19H,11H2,1-4H3,(H,25,28)/t19-/m0/s1. The molecule has 0 radical (unpaired) electrons. The topological polar surface area (TPSA) is 86.1 Å². The Morgan fingerprint density at radius 2 is 1.83 bits per heavy atom. The quantitative estimate of drug-likeness (QED) is 0.616. The van der Waals surface area contributed by atoms with Crippen LogP contribution in [0, 0.1) is 0 Å². The maximum Gasteiger partial charge on any atom is 0.308 e. The minimum absolute atomic E-state index is 0.0505. The summed E-state index contributed by atoms with van der Waals surface area (Å²) in [6.07, 6.45) is 3.08. The first-order valence-electron chi connectivity index (χ1n) is 9.73. The number of aromatic nitrogens is 3. The molecule has 3 rings (SSSR count). The number of ether oxygens (including phenoxy) is 1. The third-order valence-corrected chi connectivity index (χ3v) is 4.43. The smallest absolute Gasteiger partial charge is 0.308 e. The average Bonchev–Trinajstić information content (AvgIpc) is 3.11. The summed E-state index contributed by atoms with van der Waals surface area (Å²) >= 11 is 0. The molecule has 3 aromatic rings. The van der Waals surface area contributed by atoms with Gasteiger partial charge in [-0.05, 0) is 39.3 Å². The van der Waals surface area contributed by atoms with Crippen molar-refractivity contribution < 1.29 is 14.3 Å². The Bertz CT molecular complexity index is 996. The second-order valence-electron chi connectivity index (χ2n) is 7.50. The van der Waals surface area contributed by atoms with E-state index < -0.39 is 6.04 Å². The number of rotatable bonds is 7. The Balaban J connectivity index is 1.82. The van der Waals surface area contributed by atoms with Crippen molar-refractivity contribution in [3.63, 3.8) is 0 Å². The van der Waals surface area contributed by atoms with E-state index >= 15 is 0 Å². The maximum absolute atomic E-state index is 12.9. The van der Waals surface area contributed by atoms with Crippen LogP contribution in [0.15, 0.2) is 48.8 Å². The number of fused-ring (bicyclic) bond motifs is 1. The number of nitrogens with zero attached hydrogens (tertiary/aromatic N) is 3. The zero-order valence-corrected chi connectivity index (χ0v) is 17.1. The van der Waals surface area contributed by atoms with Crippen molar-refractivity contribution in [3.8, 4) is 0 Å². The molecular formula is C22H26N4O3. The van der Waals surface area contributed by atoms with Crippen molar-refractivity contribution in [3.05, 3.63) is 59.9 Å². The summed E-state index contributed by atoms with van der Waals surface area (Å²) in [6, 6.07) is 10.8. The van der Waals surface area contributed by atoms with Crippen molar-refractivity contribution in [1.29, 1.82) is 0 Å². The minimum Gasteiger partial charge on any atom is -0.463 e. The number of carbonyl (C=O) groups is 2. The van der Waals surface area contributed by atoms with E-state index in [2.05, 4.69) is 15.4 Å². The molecular weight excluding hydrogens is 368 g/mol. The fourth-order valence-electron chi connectivity index (χ4n) is 3.10. The van der Waals surface area contributed by atoms with Crippen LogP contribution in [0.5, 0.6) is 0 Å². The molecule has 0 spiro atoms. The molecule has 1 N–H and O–H groups in total. The fourth-order valence-corrected chi connectivity index (χ4v) is 3.10. The predicted molar refractivity (Wildman–Crippen MR) is 110 cm³/mol. The second kappa shape index (κ2) is 8.86. The molecule has 7 heteroatoms. The largest absolute Gasteiger partial charge is 0.463 e. The third kappa shape index (κ3) is 4.99. The number of hydrogen-bond donors (Lipinski definition) is 1. The lowest BCUT2D eigenvalue weighted by atomic mass is 10.0. The summed E-state index contributed by atoms with van der Waals surface area (Å²) in [6.45, 7) is 7.64. The van der Waals surface area contributed by atoms with E-state index in [1.54, 1.807) is 26.1 Å². The molecule has 152 valence electrons. The molecule has 1 aromatic carbocycles. The average molecular weight is 394 g/mol. The van der Waals surface area contributed by atoms with Crippen LogP contribution in [0.2, 0.25) is 0 Å². The Labute approximate surface area is 170 Å². The van der Waals surface area contributed by atoms with Gasteiger partial charge in [0.25, 0.3) is 5.91 Å². The second-order valence-corrected chi connectivity index (χ2v) is 7.50. The molecule has 0 saturated heterocycles. The molecule has 0 fully saturated rings. The van der Waals surface area contributed by atoms with Crippen molar-refractivity contribution in [1.82, 2.24) is 20.1 Å². The highest BCUT2D eigenvalue weighted by atomic mass is 16.5. The number of benzene rings is 1. The van der Waals surface area contributed by atoms with Crippen LogP contribution in [0.25, 0.3) is 11.0 Å². The summed E-state index contributed by atoms with van der Waals surface area (Å²) in [4.78, 5) is 29.5. The Kier molecular flexibility index (Phi) is 6.26. The van der Waals surface area contributed by atoms with Gasteiger partial charge in [-0.3, -0.25) is 9.59 Å². The number of esters is 1. The van der Waals surface area contributed by atoms with Gasteiger partial charge >= 0.3 is 5.97 Å². The van der Waals surface area contributed by atoms with E-state index in [1.807, 2.05) is 48.9 Å². The van der Waals surface area contributed by atoms with Crippen molar-refractivity contribution in [2.75, 3.05) is 0 Å². The first-order valence-corrected chi connectivity index (χ1v) is 9.73. The lowest BCUT2D eigenvalue weighted by Gasteiger charge is -2.19. The van der Waals surface area contributed by atoms with Gasteiger partial charge in [0.05, 0.1) is 30.3 Å². The summed E-state index contributed by atoms with van der Waals surface area (Å²) in [5, 5.41) is 8.07. The molecule has 0 bridgehead atoms. The lowest BCUT2D eigenvalue weighted by Crippen LogP contribution is -2.31. The zero-order chi connectivity index (χ0) is 21.0. The molecule has 7 nitrogen and oxygen atoms in total. The van der Waals surface area contributed by atoms with Crippen molar-refractivity contribution in [2.24, 2.45) is 0 Å². The van der Waals surface area contributed by atoms with Gasteiger partial charge in [-0.2, -0.15) is 5.10 Å². The van der Waals surface area contributed by atoms with Gasteiger partial charge in [-0.15, -0.1) is 0 Å². The SMILES string of the molecule is CC(C)OC(=O)C[C@H](NC(=O)c1cnc2c(cnn2C(C)C)c1)c1ccccc1. The predicted octanol–water partition coefficient (Wildman–Crippen LogP) is 3.83. The maximum atomic E-state index is 12.9. The monoisotopic (exact) mass is 394 g/mol. The summed E-state index contributed by atoms with van der Waals surface area (Å²) < 4.78 is 7.07. The highest BCUT2D eigenvalue weighted by Gasteiger charge is 2.21. The van der Waals surface area contributed by atoms with Crippen LogP contribution in [0.3, 0.4) is 0 Å². The van der Waals surface area contributed by atoms with Gasteiger partial charge in [0, 0.05) is 17.6 Å². The van der Waals surface area contributed by atoms with E-state index in [0.717, 1.165) is 16.6 Å². The molecule has 0 aliphatic carbocycles. The van der Waals surface area contributed by atoms with Crippen LogP contribution < -0.4 is 5.32 Å². The normalized spacial score (nSPS) is 12.3. The van der Waals surface area contributed by atoms with Gasteiger partial charge in [0.15, 0.2) is 5.65 Å². The molecule has 29 heavy (non-hydrogen) atoms. The molecule has 2 aromatic heterocycles. The van der Waals surface area contributed by atoms with Crippen LogP contribution in [-0.2, 0) is 9.53 Å². The molecule has 0 saturated carbocycles. The highest BCUT2D eigenvalue weighted by molar-refractivity contribution is 5.97. The van der Waals surface area contributed by atoms with Crippen molar-refractivity contribution >= 4 is 22.9 Å². The molecule has 0 aliphatic rings. The molecule has 0 aliphatic heterocycles. The van der Waals surface area contributed by atoms with E-state index in [4.69, 9.17) is 4.74 Å². The summed E-state index contributed by atoms with van der Waals surface area (Å²) in [5.41, 5.74) is 1.99. The van der Waals surface area contributed by atoms with E-state index in [0.29, 0.717) is 5.56 Å². The van der Waals surface area contributed by atoms with Gasteiger partial charge in [-0.1, -0.05) is 30.3 Å². The highest BCUT2D eigenvalue weighted by Crippen LogP contribution is 2.20. The van der Waals surface area contributed by atoms with Gasteiger partial charge in [-0.25, -0.2) is 9.67 Å². The minimum atomic E-state index is -0.496. The van der Waals surface area contributed by atoms with Crippen LogP contribution >= 0.6 is 0 Å². The van der Waals surface area contributed by atoms with Gasteiger partial charge in [0.2, 0.25) is 0 Å². The van der Waals surface area contributed by atoms with Crippen LogP contribution in [0.4, 0.5) is 0 Å². The number of nitrogens with one attached hydrogen (secondary N) is 1. The lowest BCUT2D eigenvalue weighted by molar-refractivity contribution is -0.147. The fraction of sp³-hybridized carbons (Fsp3) is 0.364. The number of hydrogen-bond acceptors (Lipinski definition) is 5.